The standard InChI is InChI=1S/C22H24F2N2O2/c1-13-4-3-5-19(14(13)2)25-21(27)15-6-8-16(9-7-15)22(28)26-20-11-10-17(23)12-18(20)24/h3-5,10-12,15-16H,6-9H2,1-2H3,(H,25,27)(H,26,28). The molecule has 148 valence electrons. The first kappa shape index (κ1) is 20.0. The Morgan fingerprint density at radius 2 is 1.43 bits per heavy atom. The highest BCUT2D eigenvalue weighted by molar-refractivity contribution is 5.95. The predicted molar refractivity (Wildman–Crippen MR) is 105 cm³/mol. The molecule has 1 saturated carbocycles. The number of hydrogen-bond acceptors (Lipinski definition) is 2. The quantitative estimate of drug-likeness (QED) is 0.780. The molecule has 0 heterocycles. The molecule has 2 aromatic carbocycles. The third-order valence-electron chi connectivity index (χ3n) is 5.52. The van der Waals surface area contributed by atoms with Gasteiger partial charge in [0.15, 0.2) is 0 Å². The van der Waals surface area contributed by atoms with Crippen molar-refractivity contribution in [2.45, 2.75) is 39.5 Å². The number of amides is 2. The fourth-order valence-electron chi connectivity index (χ4n) is 3.56. The van der Waals surface area contributed by atoms with Crippen LogP contribution in [-0.2, 0) is 9.59 Å². The summed E-state index contributed by atoms with van der Waals surface area (Å²) in [4.78, 5) is 25.0. The fraction of sp³-hybridized carbons (Fsp3) is 0.364. The third kappa shape index (κ3) is 4.55. The zero-order valence-corrected chi connectivity index (χ0v) is 16.0. The Balaban J connectivity index is 1.54. The van der Waals surface area contributed by atoms with E-state index in [2.05, 4.69) is 10.6 Å². The van der Waals surface area contributed by atoms with Gasteiger partial charge >= 0.3 is 0 Å². The van der Waals surface area contributed by atoms with Gasteiger partial charge in [-0.3, -0.25) is 9.59 Å². The van der Waals surface area contributed by atoms with Crippen LogP contribution in [0, 0.1) is 37.3 Å². The van der Waals surface area contributed by atoms with Crippen LogP contribution in [-0.4, -0.2) is 11.8 Å². The van der Waals surface area contributed by atoms with E-state index < -0.39 is 11.6 Å². The van der Waals surface area contributed by atoms with Crippen molar-refractivity contribution in [3.05, 3.63) is 59.2 Å². The molecule has 4 nitrogen and oxygen atoms in total. The molecular formula is C22H24F2N2O2. The highest BCUT2D eigenvalue weighted by atomic mass is 19.1. The maximum absolute atomic E-state index is 13.7. The molecule has 0 saturated heterocycles. The topological polar surface area (TPSA) is 58.2 Å². The normalized spacial score (nSPS) is 19.1. The summed E-state index contributed by atoms with van der Waals surface area (Å²) in [5.41, 5.74) is 2.95. The zero-order valence-electron chi connectivity index (χ0n) is 16.0. The fourth-order valence-corrected chi connectivity index (χ4v) is 3.56. The number of nitrogens with one attached hydrogen (secondary N) is 2. The lowest BCUT2D eigenvalue weighted by molar-refractivity contribution is -0.125. The van der Waals surface area contributed by atoms with E-state index >= 15 is 0 Å². The van der Waals surface area contributed by atoms with Gasteiger partial charge in [0.1, 0.15) is 11.6 Å². The number of hydrogen-bond donors (Lipinski definition) is 2. The summed E-state index contributed by atoms with van der Waals surface area (Å²) in [6.07, 6.45) is 2.31. The molecular weight excluding hydrogens is 362 g/mol. The SMILES string of the molecule is Cc1cccc(NC(=O)C2CCC(C(=O)Nc3ccc(F)cc3F)CC2)c1C. The molecule has 2 N–H and O–H groups in total. The predicted octanol–water partition coefficient (Wildman–Crippen LogP) is 4.97. The Bertz CT molecular complexity index is 890. The number of halogens is 2. The molecule has 2 amide bonds. The first-order valence-corrected chi connectivity index (χ1v) is 9.48. The van der Waals surface area contributed by atoms with Crippen LogP contribution in [0.4, 0.5) is 20.2 Å². The lowest BCUT2D eigenvalue weighted by Gasteiger charge is -2.27. The van der Waals surface area contributed by atoms with Gasteiger partial charge in [-0.2, -0.15) is 0 Å². The van der Waals surface area contributed by atoms with Gasteiger partial charge in [0.05, 0.1) is 5.69 Å². The van der Waals surface area contributed by atoms with Gasteiger partial charge in [-0.15, -0.1) is 0 Å². The van der Waals surface area contributed by atoms with Gasteiger partial charge in [-0.05, 0) is 68.9 Å². The van der Waals surface area contributed by atoms with Crippen molar-refractivity contribution in [3.63, 3.8) is 0 Å². The van der Waals surface area contributed by atoms with Gasteiger partial charge in [0, 0.05) is 23.6 Å². The average molecular weight is 386 g/mol. The Labute approximate surface area is 163 Å². The van der Waals surface area contributed by atoms with Crippen LogP contribution in [0.2, 0.25) is 0 Å². The minimum absolute atomic E-state index is 0.0267. The molecule has 1 fully saturated rings. The van der Waals surface area contributed by atoms with E-state index in [1.165, 1.54) is 6.07 Å². The van der Waals surface area contributed by atoms with Crippen LogP contribution in [0.1, 0.15) is 36.8 Å². The van der Waals surface area contributed by atoms with Crippen LogP contribution in [0.3, 0.4) is 0 Å². The molecule has 1 aliphatic rings. The van der Waals surface area contributed by atoms with E-state index in [9.17, 15) is 18.4 Å². The second-order valence-electron chi connectivity index (χ2n) is 7.40. The van der Waals surface area contributed by atoms with E-state index in [1.807, 2.05) is 32.0 Å². The monoisotopic (exact) mass is 386 g/mol. The van der Waals surface area contributed by atoms with E-state index in [0.717, 1.165) is 28.9 Å². The summed E-state index contributed by atoms with van der Waals surface area (Å²) in [7, 11) is 0. The molecule has 0 aliphatic heterocycles. The van der Waals surface area contributed by atoms with Gasteiger partial charge in [-0.1, -0.05) is 12.1 Å². The molecule has 0 atom stereocenters. The maximum Gasteiger partial charge on any atom is 0.227 e. The Morgan fingerprint density at radius 3 is 2.00 bits per heavy atom. The summed E-state index contributed by atoms with van der Waals surface area (Å²) in [5.74, 6) is -2.24. The van der Waals surface area contributed by atoms with Crippen molar-refractivity contribution < 1.29 is 18.4 Å². The molecule has 6 heteroatoms. The van der Waals surface area contributed by atoms with Crippen LogP contribution in [0.15, 0.2) is 36.4 Å². The summed E-state index contributed by atoms with van der Waals surface area (Å²) in [6.45, 7) is 3.97. The number of carbonyl (C=O) groups is 2. The first-order valence-electron chi connectivity index (χ1n) is 9.48. The number of aryl methyl sites for hydroxylation is 1. The lowest BCUT2D eigenvalue weighted by atomic mass is 9.81. The van der Waals surface area contributed by atoms with Gasteiger partial charge in [-0.25, -0.2) is 8.78 Å². The molecule has 0 aromatic heterocycles. The minimum Gasteiger partial charge on any atom is -0.326 e. The number of carbonyl (C=O) groups excluding carboxylic acids is 2. The second kappa shape index (κ2) is 8.50. The van der Waals surface area contributed by atoms with Crippen molar-refractivity contribution in [1.82, 2.24) is 0 Å². The van der Waals surface area contributed by atoms with Crippen molar-refractivity contribution in [3.8, 4) is 0 Å². The maximum atomic E-state index is 13.7. The molecule has 0 radical (unpaired) electrons. The molecule has 2 aromatic rings. The van der Waals surface area contributed by atoms with Gasteiger partial charge in [0.25, 0.3) is 0 Å². The first-order chi connectivity index (χ1) is 13.3. The van der Waals surface area contributed by atoms with Gasteiger partial charge < -0.3 is 10.6 Å². The van der Waals surface area contributed by atoms with Crippen LogP contribution in [0.5, 0.6) is 0 Å². The molecule has 3 rings (SSSR count). The molecule has 0 spiro atoms. The van der Waals surface area contributed by atoms with Crippen molar-refractivity contribution in [2.75, 3.05) is 10.6 Å². The van der Waals surface area contributed by atoms with Crippen LogP contribution >= 0.6 is 0 Å². The van der Waals surface area contributed by atoms with E-state index in [-0.39, 0.29) is 29.3 Å². The van der Waals surface area contributed by atoms with Crippen LogP contribution in [0.25, 0.3) is 0 Å². The lowest BCUT2D eigenvalue weighted by Crippen LogP contribution is -2.32. The smallest absolute Gasteiger partial charge is 0.227 e. The summed E-state index contributed by atoms with van der Waals surface area (Å²) < 4.78 is 26.7. The molecule has 28 heavy (non-hydrogen) atoms. The van der Waals surface area contributed by atoms with Gasteiger partial charge in [0.2, 0.25) is 11.8 Å². The van der Waals surface area contributed by atoms with Crippen molar-refractivity contribution in [1.29, 1.82) is 0 Å². The number of rotatable bonds is 4. The van der Waals surface area contributed by atoms with E-state index in [1.54, 1.807) is 0 Å². The Hall–Kier alpha value is -2.76. The zero-order chi connectivity index (χ0) is 20.3. The summed E-state index contributed by atoms with van der Waals surface area (Å²) in [6, 6.07) is 8.85. The summed E-state index contributed by atoms with van der Waals surface area (Å²) in [5, 5.41) is 5.52. The summed E-state index contributed by atoms with van der Waals surface area (Å²) >= 11 is 0. The minimum atomic E-state index is -0.796. The van der Waals surface area contributed by atoms with E-state index in [4.69, 9.17) is 0 Å². The number of anilines is 2. The second-order valence-corrected chi connectivity index (χ2v) is 7.40. The highest BCUT2D eigenvalue weighted by Gasteiger charge is 2.30. The molecule has 0 unspecified atom stereocenters. The Morgan fingerprint density at radius 1 is 0.857 bits per heavy atom. The van der Waals surface area contributed by atoms with E-state index in [0.29, 0.717) is 25.7 Å². The van der Waals surface area contributed by atoms with Crippen LogP contribution < -0.4 is 10.6 Å². The van der Waals surface area contributed by atoms with Crippen molar-refractivity contribution in [2.24, 2.45) is 11.8 Å². The highest BCUT2D eigenvalue weighted by Crippen LogP contribution is 2.31. The van der Waals surface area contributed by atoms with Crippen molar-refractivity contribution >= 4 is 23.2 Å². The molecule has 0 bridgehead atoms. The largest absolute Gasteiger partial charge is 0.326 e. The Kier molecular flexibility index (Phi) is 6.07. The average Bonchev–Trinajstić information content (AvgIpc) is 2.67. The third-order valence-corrected chi connectivity index (χ3v) is 5.52. The number of benzene rings is 2. The molecule has 1 aliphatic carbocycles.